The highest BCUT2D eigenvalue weighted by molar-refractivity contribution is 6.10. The molecule has 0 amide bonds. The van der Waals surface area contributed by atoms with Crippen LogP contribution < -0.4 is 4.90 Å². The molecule has 47 heavy (non-hydrogen) atoms. The fourth-order valence-corrected chi connectivity index (χ4v) is 7.45. The minimum absolute atomic E-state index is 0.363. The van der Waals surface area contributed by atoms with E-state index >= 15 is 4.39 Å². The predicted molar refractivity (Wildman–Crippen MR) is 187 cm³/mol. The Morgan fingerprint density at radius 1 is 0.766 bits per heavy atom. The van der Waals surface area contributed by atoms with Gasteiger partial charge in [-0.3, -0.25) is 4.90 Å². The van der Waals surface area contributed by atoms with E-state index in [-0.39, 0.29) is 5.41 Å². The summed E-state index contributed by atoms with van der Waals surface area (Å²) in [4.78, 5) is 11.9. The molecular formula is C41H31FN4O. The van der Waals surface area contributed by atoms with Gasteiger partial charge in [0, 0.05) is 46.2 Å². The van der Waals surface area contributed by atoms with Crippen LogP contribution in [0, 0.1) is 0 Å². The molecule has 1 atom stereocenters. The first-order valence-electron chi connectivity index (χ1n) is 15.9. The number of hydrogen-bond donors (Lipinski definition) is 0. The number of benzene rings is 5. The Hall–Kier alpha value is -5.75. The largest absolute Gasteiger partial charge is 0.456 e. The first-order valence-corrected chi connectivity index (χ1v) is 15.9. The standard InChI is InChI=1S/C41H31FN4O/c1-41(2)30-16-10-22-43-40(30)46(33-20-21-35-36(37(33)41)29-15-4-7-19-34(29)47-35)28-14-9-12-26(24-28)38(42)25-11-8-13-27(23-25)39-44-31-17-5-6-18-32(31)45(39)3/h4-24,38H,1-3H3. The van der Waals surface area contributed by atoms with Gasteiger partial charge < -0.3 is 8.98 Å². The molecule has 0 N–H and O–H groups in total. The Morgan fingerprint density at radius 2 is 1.55 bits per heavy atom. The first-order chi connectivity index (χ1) is 22.9. The molecule has 0 bridgehead atoms. The van der Waals surface area contributed by atoms with Crippen LogP contribution in [-0.2, 0) is 12.5 Å². The summed E-state index contributed by atoms with van der Waals surface area (Å²) in [6.45, 7) is 4.49. The summed E-state index contributed by atoms with van der Waals surface area (Å²) in [6, 6.07) is 39.9. The Morgan fingerprint density at radius 3 is 2.43 bits per heavy atom. The third-order valence-corrected chi connectivity index (χ3v) is 9.70. The van der Waals surface area contributed by atoms with E-state index in [1.54, 1.807) is 0 Å². The van der Waals surface area contributed by atoms with E-state index in [1.165, 1.54) is 0 Å². The lowest BCUT2D eigenvalue weighted by molar-refractivity contribution is 0.402. The molecule has 0 spiro atoms. The van der Waals surface area contributed by atoms with E-state index < -0.39 is 6.17 Å². The average Bonchev–Trinajstić information content (AvgIpc) is 3.65. The van der Waals surface area contributed by atoms with Crippen molar-refractivity contribution >= 4 is 50.2 Å². The molecule has 0 radical (unpaired) electrons. The van der Waals surface area contributed by atoms with Crippen LogP contribution in [0.3, 0.4) is 0 Å². The SMILES string of the molecule is Cn1c(-c2cccc(C(F)c3cccc(N4c5ccc6oc7ccccc7c6c5C(C)(C)c5cccnc54)c3)c2)nc2ccccc21. The number of para-hydroxylation sites is 3. The van der Waals surface area contributed by atoms with Gasteiger partial charge in [-0.2, -0.15) is 0 Å². The summed E-state index contributed by atoms with van der Waals surface area (Å²) in [5.41, 5.74) is 9.45. The number of nitrogens with zero attached hydrogens (tertiary/aromatic N) is 4. The van der Waals surface area contributed by atoms with Gasteiger partial charge in [-0.15, -0.1) is 0 Å². The van der Waals surface area contributed by atoms with Crippen molar-refractivity contribution in [3.05, 3.63) is 150 Å². The van der Waals surface area contributed by atoms with Gasteiger partial charge >= 0.3 is 0 Å². The Balaban J connectivity index is 1.18. The van der Waals surface area contributed by atoms with Gasteiger partial charge in [-0.25, -0.2) is 14.4 Å². The Bertz CT molecular complexity index is 2510. The quantitative estimate of drug-likeness (QED) is 0.198. The number of rotatable bonds is 4. The fraction of sp³-hybridized carbons (Fsp3) is 0.122. The molecule has 6 heteroatoms. The second kappa shape index (κ2) is 10.1. The summed E-state index contributed by atoms with van der Waals surface area (Å²) >= 11 is 0. The molecule has 3 aromatic heterocycles. The third kappa shape index (κ3) is 4.07. The number of pyridine rings is 1. The molecule has 8 aromatic rings. The van der Waals surface area contributed by atoms with E-state index in [0.29, 0.717) is 11.1 Å². The van der Waals surface area contributed by atoms with Crippen LogP contribution >= 0.6 is 0 Å². The van der Waals surface area contributed by atoms with Gasteiger partial charge in [-0.05, 0) is 71.3 Å². The number of aryl methyl sites for hydroxylation is 1. The lowest BCUT2D eigenvalue weighted by Gasteiger charge is -2.41. The summed E-state index contributed by atoms with van der Waals surface area (Å²) in [5, 5.41) is 2.18. The van der Waals surface area contributed by atoms with Crippen molar-refractivity contribution in [2.45, 2.75) is 25.4 Å². The highest BCUT2D eigenvalue weighted by Gasteiger charge is 2.40. The summed E-state index contributed by atoms with van der Waals surface area (Å²) in [5.74, 6) is 1.65. The molecule has 1 unspecified atom stereocenters. The van der Waals surface area contributed by atoms with E-state index in [9.17, 15) is 0 Å². The normalized spacial score (nSPS) is 14.4. The second-order valence-electron chi connectivity index (χ2n) is 12.8. The topological polar surface area (TPSA) is 47.1 Å². The van der Waals surface area contributed by atoms with Crippen LogP contribution in [0.4, 0.5) is 21.6 Å². The van der Waals surface area contributed by atoms with Crippen molar-refractivity contribution in [1.29, 1.82) is 0 Å². The molecule has 228 valence electrons. The van der Waals surface area contributed by atoms with Crippen molar-refractivity contribution < 1.29 is 8.81 Å². The van der Waals surface area contributed by atoms with Crippen LogP contribution in [0.15, 0.2) is 132 Å². The van der Waals surface area contributed by atoms with Crippen LogP contribution in [0.25, 0.3) is 44.4 Å². The number of alkyl halides is 1. The van der Waals surface area contributed by atoms with Crippen LogP contribution in [0.2, 0.25) is 0 Å². The van der Waals surface area contributed by atoms with Gasteiger partial charge in [-0.1, -0.05) is 80.6 Å². The van der Waals surface area contributed by atoms with Gasteiger partial charge in [0.25, 0.3) is 0 Å². The minimum Gasteiger partial charge on any atom is -0.456 e. The molecule has 5 nitrogen and oxygen atoms in total. The maximum absolute atomic E-state index is 16.6. The molecule has 0 aliphatic carbocycles. The number of fused-ring (bicyclic) bond motifs is 7. The molecule has 1 aliphatic rings. The van der Waals surface area contributed by atoms with Crippen LogP contribution in [0.1, 0.15) is 42.3 Å². The van der Waals surface area contributed by atoms with E-state index in [2.05, 4.69) is 47.6 Å². The van der Waals surface area contributed by atoms with E-state index in [4.69, 9.17) is 14.4 Å². The molecule has 0 saturated carbocycles. The third-order valence-electron chi connectivity index (χ3n) is 9.70. The molecule has 9 rings (SSSR count). The van der Waals surface area contributed by atoms with Crippen molar-refractivity contribution in [3.8, 4) is 11.4 Å². The number of hydrogen-bond acceptors (Lipinski definition) is 4. The van der Waals surface area contributed by atoms with Gasteiger partial charge in [0.05, 0.1) is 16.7 Å². The van der Waals surface area contributed by atoms with Crippen LogP contribution in [-0.4, -0.2) is 14.5 Å². The number of halogens is 1. The zero-order valence-corrected chi connectivity index (χ0v) is 26.3. The first kappa shape index (κ1) is 27.6. The van der Waals surface area contributed by atoms with Gasteiger partial charge in [0.2, 0.25) is 0 Å². The average molecular weight is 615 g/mol. The maximum Gasteiger partial charge on any atom is 0.150 e. The minimum atomic E-state index is -1.34. The highest BCUT2D eigenvalue weighted by atomic mass is 19.1. The molecule has 0 fully saturated rings. The smallest absolute Gasteiger partial charge is 0.150 e. The Labute approximate surface area is 271 Å². The molecular weight excluding hydrogens is 583 g/mol. The summed E-state index contributed by atoms with van der Waals surface area (Å²) < 4.78 is 25.0. The van der Waals surface area contributed by atoms with Crippen molar-refractivity contribution in [2.75, 3.05) is 4.90 Å². The van der Waals surface area contributed by atoms with Crippen molar-refractivity contribution in [3.63, 3.8) is 0 Å². The summed E-state index contributed by atoms with van der Waals surface area (Å²) in [6.07, 6.45) is 0.487. The molecule has 5 aromatic carbocycles. The molecule has 1 aliphatic heterocycles. The van der Waals surface area contributed by atoms with Crippen molar-refractivity contribution in [1.82, 2.24) is 14.5 Å². The lowest BCUT2D eigenvalue weighted by atomic mass is 9.73. The van der Waals surface area contributed by atoms with Gasteiger partial charge in [0.15, 0.2) is 6.17 Å². The number of imidazole rings is 1. The van der Waals surface area contributed by atoms with E-state index in [1.807, 2.05) is 110 Å². The van der Waals surface area contributed by atoms with E-state index in [0.717, 1.165) is 72.7 Å². The lowest BCUT2D eigenvalue weighted by Crippen LogP contribution is -2.31. The Kier molecular flexibility index (Phi) is 5.94. The zero-order chi connectivity index (χ0) is 31.9. The maximum atomic E-state index is 16.6. The predicted octanol–water partition coefficient (Wildman–Crippen LogP) is 10.7. The number of anilines is 3. The monoisotopic (exact) mass is 614 g/mol. The number of aromatic nitrogens is 3. The summed E-state index contributed by atoms with van der Waals surface area (Å²) in [7, 11) is 2.00. The van der Waals surface area contributed by atoms with Crippen LogP contribution in [0.5, 0.6) is 0 Å². The highest BCUT2D eigenvalue weighted by Crippen LogP contribution is 2.54. The fourth-order valence-electron chi connectivity index (χ4n) is 7.45. The van der Waals surface area contributed by atoms with Crippen molar-refractivity contribution in [2.24, 2.45) is 7.05 Å². The zero-order valence-electron chi connectivity index (χ0n) is 26.3. The second-order valence-corrected chi connectivity index (χ2v) is 12.8. The molecule has 0 saturated heterocycles. The molecule has 4 heterocycles. The number of furan rings is 1. The van der Waals surface area contributed by atoms with Gasteiger partial charge in [0.1, 0.15) is 22.8 Å².